The van der Waals surface area contributed by atoms with Gasteiger partial charge in [-0.1, -0.05) is 6.92 Å². The Morgan fingerprint density at radius 2 is 1.94 bits per heavy atom. The highest BCUT2D eigenvalue weighted by atomic mass is 35.5. The lowest BCUT2D eigenvalue weighted by Crippen LogP contribution is -2.45. The molecule has 1 unspecified atom stereocenters. The van der Waals surface area contributed by atoms with E-state index in [1.807, 2.05) is 0 Å². The van der Waals surface area contributed by atoms with E-state index < -0.39 is 0 Å². The molecule has 4 heteroatoms. The maximum Gasteiger partial charge on any atom is 0.226 e. The monoisotopic (exact) mass is 246 g/mol. The van der Waals surface area contributed by atoms with Crippen LogP contribution in [-0.2, 0) is 4.79 Å². The zero-order valence-corrected chi connectivity index (χ0v) is 10.9. The molecular formula is C12H23ClN2O. The highest BCUT2D eigenvalue weighted by Crippen LogP contribution is 2.20. The van der Waals surface area contributed by atoms with E-state index in [0.29, 0.717) is 5.91 Å². The number of halogens is 1. The summed E-state index contributed by atoms with van der Waals surface area (Å²) in [5.41, 5.74) is 0. The Morgan fingerprint density at radius 1 is 1.25 bits per heavy atom. The fourth-order valence-electron chi connectivity index (χ4n) is 2.55. The molecule has 2 heterocycles. The molecule has 0 aliphatic carbocycles. The summed E-state index contributed by atoms with van der Waals surface area (Å²) in [5, 5.41) is 3.32. The van der Waals surface area contributed by atoms with Gasteiger partial charge in [-0.2, -0.15) is 0 Å². The summed E-state index contributed by atoms with van der Waals surface area (Å²) in [6.07, 6.45) is 4.61. The Kier molecular flexibility index (Phi) is 5.56. The molecule has 1 atom stereocenters. The Bertz CT molecular complexity index is 221. The van der Waals surface area contributed by atoms with Gasteiger partial charge in [0, 0.05) is 19.6 Å². The third kappa shape index (κ3) is 3.36. The quantitative estimate of drug-likeness (QED) is 0.764. The van der Waals surface area contributed by atoms with Gasteiger partial charge < -0.3 is 10.2 Å². The number of carbonyl (C=O) groups is 1. The first-order valence-corrected chi connectivity index (χ1v) is 6.27. The van der Waals surface area contributed by atoms with Crippen molar-refractivity contribution in [1.82, 2.24) is 10.2 Å². The van der Waals surface area contributed by atoms with Crippen LogP contribution in [0.2, 0.25) is 0 Å². The summed E-state index contributed by atoms with van der Waals surface area (Å²) in [4.78, 5) is 14.2. The fraction of sp³-hybridized carbons (Fsp3) is 0.917. The van der Waals surface area contributed by atoms with Crippen LogP contribution in [0, 0.1) is 11.8 Å². The molecule has 0 spiro atoms. The third-order valence-corrected chi connectivity index (χ3v) is 3.74. The highest BCUT2D eigenvalue weighted by Gasteiger charge is 2.27. The first-order valence-electron chi connectivity index (χ1n) is 6.27. The molecule has 2 fully saturated rings. The lowest BCUT2D eigenvalue weighted by Gasteiger charge is -2.34. The molecule has 2 aliphatic rings. The van der Waals surface area contributed by atoms with Crippen molar-refractivity contribution >= 4 is 18.3 Å². The lowest BCUT2D eigenvalue weighted by molar-refractivity contribution is -0.137. The van der Waals surface area contributed by atoms with E-state index in [4.69, 9.17) is 0 Å². The molecule has 0 aromatic carbocycles. The molecule has 1 amide bonds. The van der Waals surface area contributed by atoms with Gasteiger partial charge in [0.25, 0.3) is 0 Å². The van der Waals surface area contributed by atoms with Crippen LogP contribution in [0.3, 0.4) is 0 Å². The van der Waals surface area contributed by atoms with Gasteiger partial charge in [-0.25, -0.2) is 0 Å². The average Bonchev–Trinajstić information content (AvgIpc) is 2.30. The van der Waals surface area contributed by atoms with Gasteiger partial charge in [-0.3, -0.25) is 4.79 Å². The minimum atomic E-state index is 0. The van der Waals surface area contributed by atoms with Gasteiger partial charge in [0.1, 0.15) is 0 Å². The second-order valence-corrected chi connectivity index (χ2v) is 5.05. The van der Waals surface area contributed by atoms with Crippen molar-refractivity contribution in [3.63, 3.8) is 0 Å². The number of nitrogens with zero attached hydrogens (tertiary/aromatic N) is 1. The van der Waals surface area contributed by atoms with Crippen LogP contribution >= 0.6 is 12.4 Å². The molecule has 2 saturated heterocycles. The van der Waals surface area contributed by atoms with Crippen molar-refractivity contribution in [1.29, 1.82) is 0 Å². The van der Waals surface area contributed by atoms with Gasteiger partial charge in [-0.15, -0.1) is 12.4 Å². The predicted molar refractivity (Wildman–Crippen MR) is 67.8 cm³/mol. The van der Waals surface area contributed by atoms with Crippen LogP contribution in [0.1, 0.15) is 32.6 Å². The van der Waals surface area contributed by atoms with Gasteiger partial charge >= 0.3 is 0 Å². The molecule has 0 aromatic heterocycles. The van der Waals surface area contributed by atoms with E-state index in [9.17, 15) is 4.79 Å². The maximum absolute atomic E-state index is 12.1. The van der Waals surface area contributed by atoms with Crippen LogP contribution in [-0.4, -0.2) is 37.0 Å². The number of rotatable bonds is 1. The summed E-state index contributed by atoms with van der Waals surface area (Å²) in [6.45, 7) is 6.22. The zero-order valence-electron chi connectivity index (χ0n) is 10.1. The van der Waals surface area contributed by atoms with Crippen LogP contribution in [0.4, 0.5) is 0 Å². The minimum Gasteiger partial charge on any atom is -0.342 e. The van der Waals surface area contributed by atoms with Crippen molar-refractivity contribution in [2.24, 2.45) is 11.8 Å². The van der Waals surface area contributed by atoms with Crippen LogP contribution in [0.15, 0.2) is 0 Å². The highest BCUT2D eigenvalue weighted by molar-refractivity contribution is 5.85. The number of amides is 1. The second kappa shape index (κ2) is 6.45. The topological polar surface area (TPSA) is 32.3 Å². The number of piperidine rings is 2. The molecule has 16 heavy (non-hydrogen) atoms. The van der Waals surface area contributed by atoms with Gasteiger partial charge in [-0.05, 0) is 38.1 Å². The molecule has 94 valence electrons. The molecule has 3 nitrogen and oxygen atoms in total. The standard InChI is InChI=1S/C12H22N2O.ClH/c1-10-4-7-14(8-5-10)12(15)11-3-2-6-13-9-11;/h10-11,13H,2-9H2,1H3;1H. The Hall–Kier alpha value is -0.280. The van der Waals surface area contributed by atoms with Crippen LogP contribution in [0.5, 0.6) is 0 Å². The first kappa shape index (κ1) is 13.8. The SMILES string of the molecule is CC1CCN(C(=O)C2CCCNC2)CC1.Cl. The molecule has 0 aromatic rings. The molecule has 0 bridgehead atoms. The Morgan fingerprint density at radius 3 is 2.50 bits per heavy atom. The number of carbonyl (C=O) groups excluding carboxylic acids is 1. The summed E-state index contributed by atoms with van der Waals surface area (Å²) in [6, 6.07) is 0. The molecular weight excluding hydrogens is 224 g/mol. The van der Waals surface area contributed by atoms with Gasteiger partial charge in [0.2, 0.25) is 5.91 Å². The van der Waals surface area contributed by atoms with Gasteiger partial charge in [0.15, 0.2) is 0 Å². The lowest BCUT2D eigenvalue weighted by atomic mass is 9.94. The fourth-order valence-corrected chi connectivity index (χ4v) is 2.55. The van der Waals surface area contributed by atoms with Gasteiger partial charge in [0.05, 0.1) is 5.92 Å². The number of hydrogen-bond donors (Lipinski definition) is 1. The van der Waals surface area contributed by atoms with E-state index in [0.717, 1.165) is 44.9 Å². The van der Waals surface area contributed by atoms with Crippen molar-refractivity contribution in [2.45, 2.75) is 32.6 Å². The minimum absolute atomic E-state index is 0. The van der Waals surface area contributed by atoms with E-state index in [1.165, 1.54) is 12.8 Å². The van der Waals surface area contributed by atoms with Crippen LogP contribution in [0.25, 0.3) is 0 Å². The number of hydrogen-bond acceptors (Lipinski definition) is 2. The predicted octanol–water partition coefficient (Wildman–Crippen LogP) is 1.67. The molecule has 1 N–H and O–H groups in total. The maximum atomic E-state index is 12.1. The van der Waals surface area contributed by atoms with Crippen molar-refractivity contribution < 1.29 is 4.79 Å². The van der Waals surface area contributed by atoms with E-state index in [2.05, 4.69) is 17.1 Å². The van der Waals surface area contributed by atoms with Crippen molar-refractivity contribution in [3.8, 4) is 0 Å². The Labute approximate surface area is 104 Å². The van der Waals surface area contributed by atoms with E-state index in [1.54, 1.807) is 0 Å². The molecule has 2 aliphatic heterocycles. The molecule has 0 saturated carbocycles. The molecule has 0 radical (unpaired) electrons. The Balaban J connectivity index is 0.00000128. The summed E-state index contributed by atoms with van der Waals surface area (Å²) in [5.74, 6) is 1.46. The van der Waals surface area contributed by atoms with Crippen LogP contribution < -0.4 is 5.32 Å². The third-order valence-electron chi connectivity index (χ3n) is 3.74. The average molecular weight is 247 g/mol. The zero-order chi connectivity index (χ0) is 10.7. The van der Waals surface area contributed by atoms with E-state index in [-0.39, 0.29) is 18.3 Å². The van der Waals surface area contributed by atoms with Crippen molar-refractivity contribution in [2.75, 3.05) is 26.2 Å². The second-order valence-electron chi connectivity index (χ2n) is 5.05. The molecule has 2 rings (SSSR count). The summed E-state index contributed by atoms with van der Waals surface area (Å²) < 4.78 is 0. The normalized spacial score (nSPS) is 27.3. The van der Waals surface area contributed by atoms with E-state index >= 15 is 0 Å². The number of nitrogens with one attached hydrogen (secondary N) is 1. The first-order chi connectivity index (χ1) is 7.27. The summed E-state index contributed by atoms with van der Waals surface area (Å²) in [7, 11) is 0. The largest absolute Gasteiger partial charge is 0.342 e. The number of likely N-dealkylation sites (tertiary alicyclic amines) is 1. The summed E-state index contributed by atoms with van der Waals surface area (Å²) >= 11 is 0. The smallest absolute Gasteiger partial charge is 0.226 e. The van der Waals surface area contributed by atoms with Crippen molar-refractivity contribution in [3.05, 3.63) is 0 Å².